The van der Waals surface area contributed by atoms with E-state index in [9.17, 15) is 14.0 Å². The maximum absolute atomic E-state index is 13.6. The van der Waals surface area contributed by atoms with Gasteiger partial charge in [-0.2, -0.15) is 0 Å². The van der Waals surface area contributed by atoms with E-state index < -0.39 is 17.2 Å². The number of esters is 1. The van der Waals surface area contributed by atoms with Crippen LogP contribution >= 0.6 is 11.6 Å². The molecule has 0 spiro atoms. The molecule has 0 radical (unpaired) electrons. The predicted octanol–water partition coefficient (Wildman–Crippen LogP) is 2.50. The summed E-state index contributed by atoms with van der Waals surface area (Å²) in [5.41, 5.74) is -0.817. The average molecular weight is 270 g/mol. The first kappa shape index (κ1) is 12.6. The molecular weight excluding hydrogens is 261 g/mol. The molecule has 0 fully saturated rings. The molecular formula is C12H9ClFNO3. The normalized spacial score (nSPS) is 10.6. The van der Waals surface area contributed by atoms with Crippen LogP contribution in [0.5, 0.6) is 0 Å². The first-order chi connectivity index (χ1) is 8.56. The molecule has 18 heavy (non-hydrogen) atoms. The Bertz CT molecular complexity index is 681. The second kappa shape index (κ2) is 4.78. The van der Waals surface area contributed by atoms with Crippen molar-refractivity contribution in [3.8, 4) is 0 Å². The number of pyridine rings is 1. The summed E-state index contributed by atoms with van der Waals surface area (Å²) in [6, 6.07) is 2.41. The Morgan fingerprint density at radius 3 is 2.89 bits per heavy atom. The molecule has 0 saturated heterocycles. The molecule has 0 saturated carbocycles. The number of H-pyrrole nitrogens is 1. The first-order valence-electron chi connectivity index (χ1n) is 5.22. The lowest BCUT2D eigenvalue weighted by Crippen LogP contribution is -2.19. The summed E-state index contributed by atoms with van der Waals surface area (Å²) in [4.78, 5) is 26.1. The fourth-order valence-electron chi connectivity index (χ4n) is 1.62. The summed E-state index contributed by atoms with van der Waals surface area (Å²) in [6.45, 7) is 1.75. The Hall–Kier alpha value is -1.88. The number of hydrogen-bond acceptors (Lipinski definition) is 3. The zero-order valence-electron chi connectivity index (χ0n) is 9.42. The van der Waals surface area contributed by atoms with E-state index in [1.807, 2.05) is 0 Å². The van der Waals surface area contributed by atoms with Crippen LogP contribution in [-0.4, -0.2) is 17.6 Å². The van der Waals surface area contributed by atoms with Gasteiger partial charge in [0.1, 0.15) is 11.4 Å². The van der Waals surface area contributed by atoms with Gasteiger partial charge in [-0.05, 0) is 19.1 Å². The zero-order valence-corrected chi connectivity index (χ0v) is 10.2. The van der Waals surface area contributed by atoms with Crippen LogP contribution in [0.2, 0.25) is 5.02 Å². The fourth-order valence-corrected chi connectivity index (χ4v) is 1.83. The molecule has 0 bridgehead atoms. The molecule has 1 aromatic carbocycles. The molecule has 0 amide bonds. The van der Waals surface area contributed by atoms with Crippen molar-refractivity contribution in [1.29, 1.82) is 0 Å². The lowest BCUT2D eigenvalue weighted by molar-refractivity contribution is 0.0524. The van der Waals surface area contributed by atoms with Crippen LogP contribution in [0, 0.1) is 5.82 Å². The molecule has 0 aliphatic rings. The largest absolute Gasteiger partial charge is 0.462 e. The number of halogens is 2. The van der Waals surface area contributed by atoms with Crippen molar-refractivity contribution in [3.63, 3.8) is 0 Å². The Balaban J connectivity index is 2.76. The highest BCUT2D eigenvalue weighted by molar-refractivity contribution is 6.35. The molecule has 94 valence electrons. The van der Waals surface area contributed by atoms with E-state index in [0.29, 0.717) is 0 Å². The second-order valence-electron chi connectivity index (χ2n) is 3.53. The van der Waals surface area contributed by atoms with Crippen molar-refractivity contribution in [2.75, 3.05) is 6.61 Å². The molecule has 4 nitrogen and oxygen atoms in total. The van der Waals surface area contributed by atoms with Crippen LogP contribution in [0.3, 0.4) is 0 Å². The summed E-state index contributed by atoms with van der Waals surface area (Å²) in [7, 11) is 0. The maximum Gasteiger partial charge on any atom is 0.343 e. The number of ether oxygens (including phenoxy) is 1. The van der Waals surface area contributed by atoms with Gasteiger partial charge in [-0.1, -0.05) is 11.6 Å². The molecule has 2 rings (SSSR count). The van der Waals surface area contributed by atoms with E-state index in [-0.39, 0.29) is 28.1 Å². The minimum absolute atomic E-state index is 0.133. The van der Waals surface area contributed by atoms with E-state index >= 15 is 0 Å². The Morgan fingerprint density at radius 2 is 2.22 bits per heavy atom. The quantitative estimate of drug-likeness (QED) is 0.852. The minimum Gasteiger partial charge on any atom is -0.462 e. The number of nitrogens with one attached hydrogen (secondary N) is 1. The number of aromatic amines is 1. The summed E-state index contributed by atoms with van der Waals surface area (Å²) < 4.78 is 18.3. The van der Waals surface area contributed by atoms with E-state index in [2.05, 4.69) is 4.98 Å². The van der Waals surface area contributed by atoms with Crippen molar-refractivity contribution in [2.24, 2.45) is 0 Å². The zero-order chi connectivity index (χ0) is 13.3. The van der Waals surface area contributed by atoms with Gasteiger partial charge in [-0.15, -0.1) is 0 Å². The minimum atomic E-state index is -0.792. The molecule has 2 aromatic rings. The summed E-state index contributed by atoms with van der Waals surface area (Å²) >= 11 is 5.84. The lowest BCUT2D eigenvalue weighted by Gasteiger charge is -2.05. The van der Waals surface area contributed by atoms with Crippen LogP contribution in [0.15, 0.2) is 23.1 Å². The van der Waals surface area contributed by atoms with Crippen LogP contribution in [0.25, 0.3) is 10.9 Å². The van der Waals surface area contributed by atoms with Crippen molar-refractivity contribution in [2.45, 2.75) is 6.92 Å². The summed E-state index contributed by atoms with van der Waals surface area (Å²) in [5.74, 6) is -1.53. The second-order valence-corrected chi connectivity index (χ2v) is 3.94. The first-order valence-corrected chi connectivity index (χ1v) is 5.60. The highest BCUT2D eigenvalue weighted by Gasteiger charge is 2.17. The SMILES string of the molecule is CCOC(=O)c1c[nH]c2c(Cl)ccc(F)c2c1=O. The van der Waals surface area contributed by atoms with E-state index in [0.717, 1.165) is 6.07 Å². The molecule has 0 unspecified atom stereocenters. The van der Waals surface area contributed by atoms with E-state index in [4.69, 9.17) is 16.3 Å². The standard InChI is InChI=1S/C12H9ClFNO3/c1-2-18-12(17)6-5-15-10-7(13)3-4-8(14)9(10)11(6)16/h3-5H,2H2,1H3,(H,15,16). The molecule has 0 aliphatic heterocycles. The number of carbonyl (C=O) groups is 1. The van der Waals surface area contributed by atoms with Gasteiger partial charge in [0.25, 0.3) is 0 Å². The van der Waals surface area contributed by atoms with E-state index in [1.54, 1.807) is 6.92 Å². The predicted molar refractivity (Wildman–Crippen MR) is 65.5 cm³/mol. The van der Waals surface area contributed by atoms with Gasteiger partial charge >= 0.3 is 5.97 Å². The van der Waals surface area contributed by atoms with Crippen molar-refractivity contribution in [1.82, 2.24) is 4.98 Å². The number of fused-ring (bicyclic) bond motifs is 1. The molecule has 1 aromatic heterocycles. The van der Waals surface area contributed by atoms with Gasteiger partial charge in [-0.3, -0.25) is 4.79 Å². The number of benzene rings is 1. The highest BCUT2D eigenvalue weighted by atomic mass is 35.5. The van der Waals surface area contributed by atoms with Gasteiger partial charge in [0.05, 0.1) is 22.5 Å². The van der Waals surface area contributed by atoms with Crippen LogP contribution < -0.4 is 5.43 Å². The van der Waals surface area contributed by atoms with Crippen LogP contribution in [0.1, 0.15) is 17.3 Å². The third kappa shape index (κ3) is 1.97. The molecule has 1 heterocycles. The third-order valence-electron chi connectivity index (χ3n) is 2.43. The smallest absolute Gasteiger partial charge is 0.343 e. The number of carbonyl (C=O) groups excluding carboxylic acids is 1. The third-order valence-corrected chi connectivity index (χ3v) is 2.75. The van der Waals surface area contributed by atoms with Crippen molar-refractivity contribution < 1.29 is 13.9 Å². The van der Waals surface area contributed by atoms with Gasteiger partial charge in [0, 0.05) is 6.20 Å². The Morgan fingerprint density at radius 1 is 1.50 bits per heavy atom. The van der Waals surface area contributed by atoms with Gasteiger partial charge < -0.3 is 9.72 Å². The van der Waals surface area contributed by atoms with Crippen molar-refractivity contribution >= 4 is 28.5 Å². The Kier molecular flexibility index (Phi) is 3.34. The van der Waals surface area contributed by atoms with Crippen LogP contribution in [0.4, 0.5) is 4.39 Å². The molecule has 6 heteroatoms. The molecule has 0 atom stereocenters. The Labute approximate surface area is 106 Å². The average Bonchev–Trinajstić information content (AvgIpc) is 2.34. The fraction of sp³-hybridized carbons (Fsp3) is 0.167. The molecule has 0 aliphatic carbocycles. The topological polar surface area (TPSA) is 59.2 Å². The highest BCUT2D eigenvalue weighted by Crippen LogP contribution is 2.21. The summed E-state index contributed by atoms with van der Waals surface area (Å²) in [5, 5.41) is -0.0352. The van der Waals surface area contributed by atoms with Gasteiger partial charge in [0.2, 0.25) is 5.43 Å². The summed E-state index contributed by atoms with van der Waals surface area (Å²) in [6.07, 6.45) is 1.17. The number of hydrogen-bond donors (Lipinski definition) is 1. The number of rotatable bonds is 2. The van der Waals surface area contributed by atoms with E-state index in [1.165, 1.54) is 12.3 Å². The monoisotopic (exact) mass is 269 g/mol. The van der Waals surface area contributed by atoms with Crippen molar-refractivity contribution in [3.05, 3.63) is 45.0 Å². The molecule has 1 N–H and O–H groups in total. The van der Waals surface area contributed by atoms with Crippen LogP contribution in [-0.2, 0) is 4.74 Å². The van der Waals surface area contributed by atoms with Gasteiger partial charge in [0.15, 0.2) is 0 Å². The van der Waals surface area contributed by atoms with Gasteiger partial charge in [-0.25, -0.2) is 9.18 Å². The number of aromatic nitrogens is 1. The lowest BCUT2D eigenvalue weighted by atomic mass is 10.1. The maximum atomic E-state index is 13.6.